The Hall–Kier alpha value is -0.920. The summed E-state index contributed by atoms with van der Waals surface area (Å²) in [6.07, 6.45) is 2.38. The maximum atomic E-state index is 11.9. The first-order chi connectivity index (χ1) is 8.00. The third kappa shape index (κ3) is 2.67. The molecule has 17 heavy (non-hydrogen) atoms. The van der Waals surface area contributed by atoms with Gasteiger partial charge in [-0.3, -0.25) is 4.68 Å². The lowest BCUT2D eigenvalue weighted by atomic mass is 10.3. The minimum atomic E-state index is -3.22. The molecule has 2 N–H and O–H groups in total. The van der Waals surface area contributed by atoms with E-state index in [1.165, 1.54) is 0 Å². The van der Waals surface area contributed by atoms with Gasteiger partial charge in [0.05, 0.1) is 11.4 Å². The molecule has 0 aliphatic carbocycles. The van der Waals surface area contributed by atoms with Gasteiger partial charge < -0.3 is 5.32 Å². The molecule has 0 saturated carbocycles. The molecule has 0 radical (unpaired) electrons. The number of aryl methyl sites for hydroxylation is 1. The van der Waals surface area contributed by atoms with Gasteiger partial charge in [0.15, 0.2) is 0 Å². The predicted molar refractivity (Wildman–Crippen MR) is 65.0 cm³/mol. The van der Waals surface area contributed by atoms with Crippen LogP contribution in [0.15, 0.2) is 6.20 Å². The van der Waals surface area contributed by atoms with Gasteiger partial charge in [-0.25, -0.2) is 13.1 Å². The Bertz CT molecular complexity index is 488. The van der Waals surface area contributed by atoms with Crippen molar-refractivity contribution in [3.8, 4) is 0 Å². The highest BCUT2D eigenvalue weighted by molar-refractivity contribution is 7.90. The summed E-state index contributed by atoms with van der Waals surface area (Å²) in [6.45, 7) is 3.56. The Morgan fingerprint density at radius 3 is 2.94 bits per heavy atom. The van der Waals surface area contributed by atoms with E-state index in [1.807, 2.05) is 14.0 Å². The summed E-state index contributed by atoms with van der Waals surface area (Å²) in [5.74, 6) is 0. The van der Waals surface area contributed by atoms with E-state index in [2.05, 4.69) is 15.1 Å². The van der Waals surface area contributed by atoms with E-state index in [4.69, 9.17) is 0 Å². The van der Waals surface area contributed by atoms with Crippen molar-refractivity contribution in [1.82, 2.24) is 19.8 Å². The van der Waals surface area contributed by atoms with Crippen molar-refractivity contribution in [2.45, 2.75) is 25.1 Å². The fourth-order valence-electron chi connectivity index (χ4n) is 1.91. The zero-order chi connectivity index (χ0) is 12.5. The zero-order valence-corrected chi connectivity index (χ0v) is 10.9. The molecule has 0 amide bonds. The number of aromatic nitrogens is 2. The molecule has 96 valence electrons. The lowest BCUT2D eigenvalue weighted by Crippen LogP contribution is -2.35. The van der Waals surface area contributed by atoms with E-state index >= 15 is 0 Å². The third-order valence-electron chi connectivity index (χ3n) is 3.25. The molecule has 6 nitrogen and oxygen atoms in total. The van der Waals surface area contributed by atoms with Gasteiger partial charge in [-0.2, -0.15) is 5.10 Å². The van der Waals surface area contributed by atoms with Crippen LogP contribution in [-0.4, -0.2) is 36.5 Å². The molecule has 0 spiro atoms. The molecule has 1 aromatic heterocycles. The molecule has 1 atom stereocenters. The Morgan fingerprint density at radius 1 is 1.65 bits per heavy atom. The summed E-state index contributed by atoms with van der Waals surface area (Å²) in [4.78, 5) is 0. The SMILES string of the molecule is Cc1c(CNS(=O)(=O)C2CCNC2)cnn1C. The average Bonchev–Trinajstić information content (AvgIpc) is 2.90. The van der Waals surface area contributed by atoms with Crippen molar-refractivity contribution in [3.63, 3.8) is 0 Å². The van der Waals surface area contributed by atoms with Crippen LogP contribution in [0.1, 0.15) is 17.7 Å². The van der Waals surface area contributed by atoms with E-state index < -0.39 is 10.0 Å². The maximum absolute atomic E-state index is 11.9. The van der Waals surface area contributed by atoms with Crippen LogP contribution in [0.2, 0.25) is 0 Å². The molecular formula is C10H18N4O2S. The van der Waals surface area contributed by atoms with Gasteiger partial charge in [0.2, 0.25) is 10.0 Å². The molecule has 7 heteroatoms. The van der Waals surface area contributed by atoms with Crippen molar-refractivity contribution in [2.75, 3.05) is 13.1 Å². The number of nitrogens with one attached hydrogen (secondary N) is 2. The van der Waals surface area contributed by atoms with Crippen LogP contribution in [0.3, 0.4) is 0 Å². The molecule has 1 aliphatic rings. The van der Waals surface area contributed by atoms with Gasteiger partial charge in [-0.05, 0) is 19.9 Å². The lowest BCUT2D eigenvalue weighted by Gasteiger charge is -2.11. The van der Waals surface area contributed by atoms with Crippen LogP contribution in [0, 0.1) is 6.92 Å². The monoisotopic (exact) mass is 258 g/mol. The normalized spacial score (nSPS) is 20.9. The Kier molecular flexibility index (Phi) is 3.50. The second-order valence-corrected chi connectivity index (χ2v) is 6.41. The maximum Gasteiger partial charge on any atom is 0.216 e. The number of rotatable bonds is 4. The highest BCUT2D eigenvalue weighted by Crippen LogP contribution is 2.10. The number of hydrogen-bond acceptors (Lipinski definition) is 4. The average molecular weight is 258 g/mol. The third-order valence-corrected chi connectivity index (χ3v) is 5.08. The standard InChI is InChI=1S/C10H18N4O2S/c1-8-9(5-12-14(8)2)6-13-17(15,16)10-3-4-11-7-10/h5,10-11,13H,3-4,6-7H2,1-2H3. The molecule has 0 aromatic carbocycles. The Labute approximate surface area is 101 Å². The highest BCUT2D eigenvalue weighted by atomic mass is 32.2. The Morgan fingerprint density at radius 2 is 2.41 bits per heavy atom. The second-order valence-electron chi connectivity index (χ2n) is 4.36. The first-order valence-electron chi connectivity index (χ1n) is 5.67. The summed E-state index contributed by atoms with van der Waals surface area (Å²) in [5, 5.41) is 6.83. The smallest absolute Gasteiger partial charge is 0.216 e. The van der Waals surface area contributed by atoms with Gasteiger partial charge in [0.1, 0.15) is 0 Å². The van der Waals surface area contributed by atoms with Crippen molar-refractivity contribution >= 4 is 10.0 Å². The van der Waals surface area contributed by atoms with Gasteiger partial charge in [0, 0.05) is 31.4 Å². The second kappa shape index (κ2) is 4.75. The topological polar surface area (TPSA) is 76.0 Å². The molecule has 0 bridgehead atoms. The minimum absolute atomic E-state index is 0.306. The molecule has 2 heterocycles. The number of sulfonamides is 1. The Balaban J connectivity index is 2.00. The molecule has 1 aromatic rings. The number of nitrogens with zero attached hydrogens (tertiary/aromatic N) is 2. The minimum Gasteiger partial charge on any atom is -0.315 e. The first kappa shape index (κ1) is 12.5. The molecular weight excluding hydrogens is 240 g/mol. The van der Waals surface area contributed by atoms with Crippen LogP contribution < -0.4 is 10.0 Å². The first-order valence-corrected chi connectivity index (χ1v) is 7.22. The molecule has 1 aliphatic heterocycles. The highest BCUT2D eigenvalue weighted by Gasteiger charge is 2.28. The zero-order valence-electron chi connectivity index (χ0n) is 10.1. The van der Waals surface area contributed by atoms with Gasteiger partial charge in [-0.15, -0.1) is 0 Å². The molecule has 1 fully saturated rings. The van der Waals surface area contributed by atoms with Crippen molar-refractivity contribution in [1.29, 1.82) is 0 Å². The van der Waals surface area contributed by atoms with Crippen molar-refractivity contribution in [2.24, 2.45) is 7.05 Å². The van der Waals surface area contributed by atoms with Crippen LogP contribution in [0.25, 0.3) is 0 Å². The predicted octanol–water partition coefficient (Wildman–Crippen LogP) is -0.490. The van der Waals surface area contributed by atoms with Crippen LogP contribution in [0.4, 0.5) is 0 Å². The fourth-order valence-corrected chi connectivity index (χ4v) is 3.26. The van der Waals surface area contributed by atoms with Crippen molar-refractivity contribution < 1.29 is 8.42 Å². The quantitative estimate of drug-likeness (QED) is 0.764. The summed E-state index contributed by atoms with van der Waals surface area (Å²) in [7, 11) is -1.37. The van der Waals surface area contributed by atoms with E-state index in [1.54, 1.807) is 10.9 Å². The largest absolute Gasteiger partial charge is 0.315 e. The lowest BCUT2D eigenvalue weighted by molar-refractivity contribution is 0.567. The number of hydrogen-bond donors (Lipinski definition) is 2. The molecule has 2 rings (SSSR count). The van der Waals surface area contributed by atoms with Crippen molar-refractivity contribution in [3.05, 3.63) is 17.5 Å². The van der Waals surface area contributed by atoms with E-state index in [0.29, 0.717) is 19.5 Å². The van der Waals surface area contributed by atoms with Crippen LogP contribution in [-0.2, 0) is 23.6 Å². The van der Waals surface area contributed by atoms with Crippen LogP contribution >= 0.6 is 0 Å². The van der Waals surface area contributed by atoms with E-state index in [-0.39, 0.29) is 5.25 Å². The summed E-state index contributed by atoms with van der Waals surface area (Å²) in [5.41, 5.74) is 1.90. The molecule has 1 saturated heterocycles. The van der Waals surface area contributed by atoms with Gasteiger partial charge >= 0.3 is 0 Å². The van der Waals surface area contributed by atoms with E-state index in [0.717, 1.165) is 17.8 Å². The summed E-state index contributed by atoms with van der Waals surface area (Å²) < 4.78 is 28.3. The van der Waals surface area contributed by atoms with Gasteiger partial charge in [-0.1, -0.05) is 0 Å². The van der Waals surface area contributed by atoms with Gasteiger partial charge in [0.25, 0.3) is 0 Å². The molecule has 1 unspecified atom stereocenters. The summed E-state index contributed by atoms with van der Waals surface area (Å²) in [6, 6.07) is 0. The van der Waals surface area contributed by atoms with E-state index in [9.17, 15) is 8.42 Å². The fraction of sp³-hybridized carbons (Fsp3) is 0.700. The summed E-state index contributed by atoms with van der Waals surface area (Å²) >= 11 is 0. The van der Waals surface area contributed by atoms with Crippen LogP contribution in [0.5, 0.6) is 0 Å².